The number of hydrogen-bond acceptors (Lipinski definition) is 4. The van der Waals surface area contributed by atoms with Crippen molar-refractivity contribution < 1.29 is 14.6 Å². The van der Waals surface area contributed by atoms with Gasteiger partial charge in [-0.3, -0.25) is 4.79 Å². The minimum absolute atomic E-state index is 0.107. The number of thiophene rings is 1. The number of H-pyrrole nitrogens is 1. The standard InChI is InChI=1S/C19H11ClFNO3S/c20-17-14(11-7-6-10(21)8-12(11)23)15-16(24)13(9-4-2-1-3-5-9)18(25)22-19(15)26-17/h1-8,23H,(H2,22,24,25). The molecule has 3 N–H and O–H groups in total. The molecule has 0 unspecified atom stereocenters. The Hall–Kier alpha value is -2.83. The van der Waals surface area contributed by atoms with E-state index in [9.17, 15) is 19.4 Å². The molecular weight excluding hydrogens is 377 g/mol. The van der Waals surface area contributed by atoms with Crippen molar-refractivity contribution in [1.82, 2.24) is 4.98 Å². The summed E-state index contributed by atoms with van der Waals surface area (Å²) in [5.74, 6) is -1.14. The van der Waals surface area contributed by atoms with Gasteiger partial charge >= 0.3 is 0 Å². The lowest BCUT2D eigenvalue weighted by Gasteiger charge is -2.09. The van der Waals surface area contributed by atoms with Gasteiger partial charge in [0.1, 0.15) is 26.5 Å². The molecule has 0 aliphatic rings. The van der Waals surface area contributed by atoms with Gasteiger partial charge in [0.25, 0.3) is 5.56 Å². The highest BCUT2D eigenvalue weighted by Crippen LogP contribution is 2.48. The first-order valence-corrected chi connectivity index (χ1v) is 8.78. The molecule has 4 rings (SSSR count). The molecular formula is C19H11ClFNO3S. The van der Waals surface area contributed by atoms with E-state index in [0.717, 1.165) is 17.4 Å². The number of fused-ring (bicyclic) bond motifs is 1. The first kappa shape index (κ1) is 16.6. The second-order valence-corrected chi connectivity index (χ2v) is 7.28. The normalized spacial score (nSPS) is 11.2. The summed E-state index contributed by atoms with van der Waals surface area (Å²) in [6.07, 6.45) is 0. The van der Waals surface area contributed by atoms with Crippen LogP contribution in [0, 0.1) is 5.82 Å². The van der Waals surface area contributed by atoms with Gasteiger partial charge in [0.2, 0.25) is 0 Å². The minimum Gasteiger partial charge on any atom is -0.507 e. The Morgan fingerprint density at radius 2 is 1.77 bits per heavy atom. The topological polar surface area (TPSA) is 73.3 Å². The first-order chi connectivity index (χ1) is 12.5. The molecule has 0 amide bonds. The summed E-state index contributed by atoms with van der Waals surface area (Å²) in [6, 6.07) is 12.3. The molecule has 0 fully saturated rings. The molecule has 0 aliphatic carbocycles. The van der Waals surface area contributed by atoms with E-state index < -0.39 is 11.4 Å². The maximum absolute atomic E-state index is 13.3. The lowest BCUT2D eigenvalue weighted by Crippen LogP contribution is -2.08. The number of phenols is 1. The highest BCUT2D eigenvalue weighted by Gasteiger charge is 2.23. The van der Waals surface area contributed by atoms with Crippen LogP contribution in [0.5, 0.6) is 11.5 Å². The average molecular weight is 388 g/mol. The first-order valence-electron chi connectivity index (χ1n) is 7.59. The van der Waals surface area contributed by atoms with Crippen molar-refractivity contribution in [2.24, 2.45) is 0 Å². The highest BCUT2D eigenvalue weighted by molar-refractivity contribution is 7.23. The van der Waals surface area contributed by atoms with Crippen molar-refractivity contribution >= 4 is 33.2 Å². The van der Waals surface area contributed by atoms with Gasteiger partial charge in [-0.25, -0.2) is 4.39 Å². The van der Waals surface area contributed by atoms with Crippen LogP contribution in [-0.2, 0) is 0 Å². The fraction of sp³-hybridized carbons (Fsp3) is 0. The summed E-state index contributed by atoms with van der Waals surface area (Å²) >= 11 is 7.38. The minimum atomic E-state index is -0.593. The molecule has 0 atom stereocenters. The SMILES string of the molecule is O=c1[nH]c2sc(Cl)c(-c3ccc(F)cc3O)c2c(O)c1-c1ccccc1. The number of aromatic amines is 1. The maximum atomic E-state index is 13.3. The van der Waals surface area contributed by atoms with Crippen LogP contribution in [0.2, 0.25) is 4.34 Å². The Morgan fingerprint density at radius 1 is 1.04 bits per heavy atom. The zero-order valence-electron chi connectivity index (χ0n) is 13.1. The molecule has 0 spiro atoms. The van der Waals surface area contributed by atoms with E-state index in [1.807, 2.05) is 0 Å². The number of benzene rings is 2. The molecule has 2 aromatic carbocycles. The molecule has 2 aromatic heterocycles. The number of hydrogen-bond donors (Lipinski definition) is 3. The molecule has 4 aromatic rings. The Bertz CT molecular complexity index is 1200. The van der Waals surface area contributed by atoms with Gasteiger partial charge in [-0.15, -0.1) is 11.3 Å². The molecule has 2 heterocycles. The van der Waals surface area contributed by atoms with Crippen molar-refractivity contribution in [3.8, 4) is 33.8 Å². The van der Waals surface area contributed by atoms with Crippen molar-refractivity contribution in [3.63, 3.8) is 0 Å². The lowest BCUT2D eigenvalue weighted by molar-refractivity contribution is 0.471. The maximum Gasteiger partial charge on any atom is 0.260 e. The third kappa shape index (κ3) is 2.55. The van der Waals surface area contributed by atoms with E-state index >= 15 is 0 Å². The lowest BCUT2D eigenvalue weighted by atomic mass is 10.00. The van der Waals surface area contributed by atoms with Crippen LogP contribution in [-0.4, -0.2) is 15.2 Å². The summed E-state index contributed by atoms with van der Waals surface area (Å²) in [4.78, 5) is 15.6. The number of halogens is 2. The Morgan fingerprint density at radius 3 is 2.46 bits per heavy atom. The van der Waals surface area contributed by atoms with Crippen molar-refractivity contribution in [2.45, 2.75) is 0 Å². The van der Waals surface area contributed by atoms with E-state index in [2.05, 4.69) is 4.98 Å². The number of aromatic hydroxyl groups is 2. The summed E-state index contributed by atoms with van der Waals surface area (Å²) in [7, 11) is 0. The summed E-state index contributed by atoms with van der Waals surface area (Å²) < 4.78 is 13.6. The number of nitrogens with one attached hydrogen (secondary N) is 1. The van der Waals surface area contributed by atoms with E-state index in [0.29, 0.717) is 21.3 Å². The summed E-state index contributed by atoms with van der Waals surface area (Å²) in [6.45, 7) is 0. The van der Waals surface area contributed by atoms with Gasteiger partial charge in [0.05, 0.1) is 10.9 Å². The molecule has 0 saturated heterocycles. The fourth-order valence-electron chi connectivity index (χ4n) is 2.94. The summed E-state index contributed by atoms with van der Waals surface area (Å²) in [5.41, 5.74) is 0.813. The Kier molecular flexibility index (Phi) is 3.94. The third-order valence-electron chi connectivity index (χ3n) is 4.08. The number of rotatable bonds is 2. The van der Waals surface area contributed by atoms with Crippen LogP contribution in [0.15, 0.2) is 53.3 Å². The highest BCUT2D eigenvalue weighted by atomic mass is 35.5. The van der Waals surface area contributed by atoms with Crippen molar-refractivity contribution in [1.29, 1.82) is 0 Å². The van der Waals surface area contributed by atoms with Gasteiger partial charge in [-0.1, -0.05) is 41.9 Å². The molecule has 0 bridgehead atoms. The molecule has 7 heteroatoms. The monoisotopic (exact) mass is 387 g/mol. The Balaban J connectivity index is 2.10. The largest absolute Gasteiger partial charge is 0.507 e. The number of phenolic OH excluding ortho intramolecular Hbond substituents is 1. The van der Waals surface area contributed by atoms with E-state index in [1.54, 1.807) is 30.3 Å². The summed E-state index contributed by atoms with van der Waals surface area (Å²) in [5, 5.41) is 21.3. The molecule has 26 heavy (non-hydrogen) atoms. The average Bonchev–Trinajstić information content (AvgIpc) is 2.92. The quantitative estimate of drug-likeness (QED) is 0.446. The van der Waals surface area contributed by atoms with Crippen molar-refractivity contribution in [3.05, 3.63) is 69.0 Å². The van der Waals surface area contributed by atoms with Gasteiger partial charge in [-0.05, 0) is 17.7 Å². The van der Waals surface area contributed by atoms with Crippen LogP contribution in [0.4, 0.5) is 4.39 Å². The Labute approximate surface area is 155 Å². The molecule has 4 nitrogen and oxygen atoms in total. The van der Waals surface area contributed by atoms with Gasteiger partial charge in [0.15, 0.2) is 0 Å². The predicted molar refractivity (Wildman–Crippen MR) is 102 cm³/mol. The van der Waals surface area contributed by atoms with Crippen LogP contribution in [0.1, 0.15) is 0 Å². The number of pyridine rings is 1. The zero-order chi connectivity index (χ0) is 18.4. The van der Waals surface area contributed by atoms with Gasteiger partial charge < -0.3 is 15.2 Å². The molecule has 130 valence electrons. The van der Waals surface area contributed by atoms with E-state index in [1.165, 1.54) is 12.1 Å². The van der Waals surface area contributed by atoms with Crippen LogP contribution < -0.4 is 5.56 Å². The molecule has 0 saturated carbocycles. The fourth-order valence-corrected chi connectivity index (χ4v) is 4.31. The van der Waals surface area contributed by atoms with Gasteiger partial charge in [0, 0.05) is 17.2 Å². The second-order valence-electron chi connectivity index (χ2n) is 5.66. The smallest absolute Gasteiger partial charge is 0.260 e. The van der Waals surface area contributed by atoms with E-state index in [4.69, 9.17) is 11.6 Å². The predicted octanol–water partition coefficient (Wildman–Crippen LogP) is 5.13. The van der Waals surface area contributed by atoms with Crippen LogP contribution in [0.25, 0.3) is 32.5 Å². The molecule has 0 radical (unpaired) electrons. The zero-order valence-corrected chi connectivity index (χ0v) is 14.7. The van der Waals surface area contributed by atoms with Crippen molar-refractivity contribution in [2.75, 3.05) is 0 Å². The number of aromatic nitrogens is 1. The van der Waals surface area contributed by atoms with Crippen LogP contribution >= 0.6 is 22.9 Å². The van der Waals surface area contributed by atoms with E-state index in [-0.39, 0.29) is 27.0 Å². The third-order valence-corrected chi connectivity index (χ3v) is 5.40. The molecule has 0 aliphatic heterocycles. The van der Waals surface area contributed by atoms with Gasteiger partial charge in [-0.2, -0.15) is 0 Å². The second kappa shape index (κ2) is 6.16. The van der Waals surface area contributed by atoms with Crippen LogP contribution in [0.3, 0.4) is 0 Å².